The SMILES string of the molecule is Cc1cc(Cl)c(C)c(S(=O)(=O)N2CCC(O)C(C)C2)c1Cl. The van der Waals surface area contributed by atoms with Crippen LogP contribution in [0, 0.1) is 19.8 Å². The summed E-state index contributed by atoms with van der Waals surface area (Å²) in [6.45, 7) is 5.79. The Bertz CT molecular complexity index is 634. The number of piperidine rings is 1. The lowest BCUT2D eigenvalue weighted by Crippen LogP contribution is -2.45. The highest BCUT2D eigenvalue weighted by molar-refractivity contribution is 7.89. The van der Waals surface area contributed by atoms with Crippen LogP contribution in [0.2, 0.25) is 10.0 Å². The number of sulfonamides is 1. The number of halogens is 2. The average Bonchev–Trinajstić information content (AvgIpc) is 2.39. The van der Waals surface area contributed by atoms with E-state index in [1.54, 1.807) is 19.9 Å². The molecule has 0 radical (unpaired) electrons. The first-order valence-corrected chi connectivity index (χ1v) is 8.99. The van der Waals surface area contributed by atoms with Gasteiger partial charge < -0.3 is 5.11 Å². The summed E-state index contributed by atoms with van der Waals surface area (Å²) in [6.07, 6.45) is -0.0366. The van der Waals surface area contributed by atoms with Gasteiger partial charge in [0.2, 0.25) is 10.0 Å². The number of aryl methyl sites for hydroxylation is 1. The van der Waals surface area contributed by atoms with Crippen LogP contribution in [0.5, 0.6) is 0 Å². The molecule has 21 heavy (non-hydrogen) atoms. The van der Waals surface area contributed by atoms with Crippen LogP contribution < -0.4 is 0 Å². The van der Waals surface area contributed by atoms with Crippen molar-refractivity contribution in [3.63, 3.8) is 0 Å². The van der Waals surface area contributed by atoms with Gasteiger partial charge in [-0.05, 0) is 43.4 Å². The van der Waals surface area contributed by atoms with Gasteiger partial charge in [-0.15, -0.1) is 0 Å². The zero-order valence-electron chi connectivity index (χ0n) is 12.2. The number of benzene rings is 1. The predicted octanol–water partition coefficient (Wildman–Crippen LogP) is 3.00. The van der Waals surface area contributed by atoms with Crippen LogP contribution in [0.15, 0.2) is 11.0 Å². The topological polar surface area (TPSA) is 57.6 Å². The van der Waals surface area contributed by atoms with E-state index >= 15 is 0 Å². The summed E-state index contributed by atoms with van der Waals surface area (Å²) >= 11 is 12.3. The van der Waals surface area contributed by atoms with Gasteiger partial charge >= 0.3 is 0 Å². The van der Waals surface area contributed by atoms with Crippen molar-refractivity contribution in [3.8, 4) is 0 Å². The fourth-order valence-electron chi connectivity index (χ4n) is 2.56. The van der Waals surface area contributed by atoms with Crippen molar-refractivity contribution in [3.05, 3.63) is 27.2 Å². The second kappa shape index (κ2) is 6.05. The molecule has 0 bridgehead atoms. The van der Waals surface area contributed by atoms with Crippen molar-refractivity contribution in [1.82, 2.24) is 4.31 Å². The van der Waals surface area contributed by atoms with Crippen LogP contribution in [0.1, 0.15) is 24.5 Å². The number of hydrogen-bond donors (Lipinski definition) is 1. The Morgan fingerprint density at radius 1 is 1.33 bits per heavy atom. The maximum atomic E-state index is 12.9. The summed E-state index contributed by atoms with van der Waals surface area (Å²) in [5.41, 5.74) is 1.10. The van der Waals surface area contributed by atoms with Gasteiger partial charge in [0, 0.05) is 18.1 Å². The average molecular weight is 352 g/mol. The van der Waals surface area contributed by atoms with Gasteiger partial charge in [-0.3, -0.25) is 0 Å². The van der Waals surface area contributed by atoms with Crippen LogP contribution in [-0.2, 0) is 10.0 Å². The van der Waals surface area contributed by atoms with E-state index in [2.05, 4.69) is 0 Å². The Kier molecular flexibility index (Phi) is 4.90. The Morgan fingerprint density at radius 2 is 1.95 bits per heavy atom. The van der Waals surface area contributed by atoms with E-state index in [1.165, 1.54) is 4.31 Å². The molecule has 1 fully saturated rings. The molecule has 1 aliphatic rings. The Labute approximate surface area is 135 Å². The lowest BCUT2D eigenvalue weighted by molar-refractivity contribution is 0.0628. The van der Waals surface area contributed by atoms with Crippen molar-refractivity contribution in [2.24, 2.45) is 5.92 Å². The van der Waals surface area contributed by atoms with Gasteiger partial charge in [0.25, 0.3) is 0 Å². The molecule has 0 saturated carbocycles. The summed E-state index contributed by atoms with van der Waals surface area (Å²) in [4.78, 5) is 0.0813. The lowest BCUT2D eigenvalue weighted by atomic mass is 9.99. The van der Waals surface area contributed by atoms with E-state index in [-0.39, 0.29) is 28.9 Å². The molecule has 4 nitrogen and oxygen atoms in total. The molecule has 1 N–H and O–H groups in total. The standard InChI is InChI=1S/C14H19Cl2NO3S/c1-8-6-11(15)10(3)14(13(8)16)21(19,20)17-5-4-12(18)9(2)7-17/h6,9,12,18H,4-5,7H2,1-3H3. The Hall–Kier alpha value is -0.330. The summed E-state index contributed by atoms with van der Waals surface area (Å²) in [7, 11) is -3.72. The van der Waals surface area contributed by atoms with Gasteiger partial charge in [0.15, 0.2) is 0 Å². The predicted molar refractivity (Wildman–Crippen MR) is 84.5 cm³/mol. The molecule has 0 aromatic heterocycles. The fourth-order valence-corrected chi connectivity index (χ4v) is 5.29. The van der Waals surface area contributed by atoms with Crippen molar-refractivity contribution in [2.75, 3.05) is 13.1 Å². The van der Waals surface area contributed by atoms with Crippen LogP contribution >= 0.6 is 23.2 Å². The summed E-state index contributed by atoms with van der Waals surface area (Å²) in [5, 5.41) is 10.4. The maximum absolute atomic E-state index is 12.9. The first kappa shape index (κ1) is 17.0. The molecule has 0 amide bonds. The van der Waals surface area contributed by atoms with E-state index in [1.807, 2.05) is 6.92 Å². The highest BCUT2D eigenvalue weighted by atomic mass is 35.5. The van der Waals surface area contributed by atoms with Gasteiger partial charge in [-0.1, -0.05) is 30.1 Å². The van der Waals surface area contributed by atoms with Gasteiger partial charge in [-0.25, -0.2) is 8.42 Å². The third kappa shape index (κ3) is 3.08. The summed E-state index contributed by atoms with van der Waals surface area (Å²) in [6, 6.07) is 1.67. The van der Waals surface area contributed by atoms with Gasteiger partial charge in [0.1, 0.15) is 4.90 Å². The molecule has 0 aliphatic carbocycles. The minimum absolute atomic E-state index is 0.0813. The molecule has 1 aliphatic heterocycles. The van der Waals surface area contributed by atoms with Crippen LogP contribution in [0.4, 0.5) is 0 Å². The first-order chi connectivity index (χ1) is 9.66. The number of aliphatic hydroxyl groups excluding tert-OH is 1. The van der Waals surface area contributed by atoms with E-state index in [0.717, 1.165) is 0 Å². The van der Waals surface area contributed by atoms with Crippen molar-refractivity contribution >= 4 is 33.2 Å². The van der Waals surface area contributed by atoms with Gasteiger partial charge in [0.05, 0.1) is 11.1 Å². The molecular weight excluding hydrogens is 333 g/mol. The second-order valence-electron chi connectivity index (χ2n) is 5.64. The van der Waals surface area contributed by atoms with E-state index in [4.69, 9.17) is 23.2 Å². The minimum atomic E-state index is -3.72. The molecule has 0 spiro atoms. The molecule has 118 valence electrons. The zero-order valence-corrected chi connectivity index (χ0v) is 14.6. The third-order valence-electron chi connectivity index (χ3n) is 4.01. The van der Waals surface area contributed by atoms with Gasteiger partial charge in [-0.2, -0.15) is 4.31 Å². The monoisotopic (exact) mass is 351 g/mol. The molecule has 2 rings (SSSR count). The second-order valence-corrected chi connectivity index (χ2v) is 8.30. The van der Waals surface area contributed by atoms with Crippen molar-refractivity contribution in [1.29, 1.82) is 0 Å². The fraction of sp³-hybridized carbons (Fsp3) is 0.571. The molecule has 1 aromatic carbocycles. The summed E-state index contributed by atoms with van der Waals surface area (Å²) in [5.74, 6) is -0.104. The highest BCUT2D eigenvalue weighted by Crippen LogP contribution is 2.36. The lowest BCUT2D eigenvalue weighted by Gasteiger charge is -2.34. The van der Waals surface area contributed by atoms with E-state index in [0.29, 0.717) is 22.6 Å². The quantitative estimate of drug-likeness (QED) is 0.890. The number of rotatable bonds is 2. The Morgan fingerprint density at radius 3 is 2.52 bits per heavy atom. The normalized spacial score (nSPS) is 24.3. The van der Waals surface area contributed by atoms with Crippen LogP contribution in [0.25, 0.3) is 0 Å². The molecule has 1 aromatic rings. The molecule has 1 heterocycles. The van der Waals surface area contributed by atoms with Crippen LogP contribution in [0.3, 0.4) is 0 Å². The van der Waals surface area contributed by atoms with Crippen LogP contribution in [-0.4, -0.2) is 37.0 Å². The maximum Gasteiger partial charge on any atom is 0.244 e. The first-order valence-electron chi connectivity index (χ1n) is 6.79. The molecule has 7 heteroatoms. The molecular formula is C14H19Cl2NO3S. The minimum Gasteiger partial charge on any atom is -0.393 e. The largest absolute Gasteiger partial charge is 0.393 e. The summed E-state index contributed by atoms with van der Waals surface area (Å²) < 4.78 is 27.2. The third-order valence-corrected chi connectivity index (χ3v) is 7.04. The van der Waals surface area contributed by atoms with Crippen molar-refractivity contribution in [2.45, 2.75) is 38.2 Å². The molecule has 1 saturated heterocycles. The smallest absolute Gasteiger partial charge is 0.244 e. The van der Waals surface area contributed by atoms with Crippen molar-refractivity contribution < 1.29 is 13.5 Å². The Balaban J connectivity index is 2.51. The molecule has 2 atom stereocenters. The van der Waals surface area contributed by atoms with E-state index in [9.17, 15) is 13.5 Å². The zero-order chi connectivity index (χ0) is 15.9. The number of nitrogens with zero attached hydrogens (tertiary/aromatic N) is 1. The van der Waals surface area contributed by atoms with E-state index < -0.39 is 16.1 Å². The number of aliphatic hydroxyl groups is 1. The molecule has 2 unspecified atom stereocenters. The number of hydrogen-bond acceptors (Lipinski definition) is 3. The highest BCUT2D eigenvalue weighted by Gasteiger charge is 2.35.